The third kappa shape index (κ3) is 1.13. The van der Waals surface area contributed by atoms with Gasteiger partial charge in [-0.05, 0) is 36.3 Å². The number of carbonyl (C=O) groups is 1. The van der Waals surface area contributed by atoms with Crippen LogP contribution in [0.15, 0.2) is 24.3 Å². The van der Waals surface area contributed by atoms with E-state index in [2.05, 4.69) is 20.4 Å². The predicted octanol–water partition coefficient (Wildman–Crippen LogP) is 2.60. The summed E-state index contributed by atoms with van der Waals surface area (Å²) in [6.07, 6.45) is 6.53. The van der Waals surface area contributed by atoms with E-state index in [0.717, 1.165) is 24.8 Å². The average Bonchev–Trinajstić information content (AvgIpc) is 2.44. The van der Waals surface area contributed by atoms with E-state index in [1.54, 1.807) is 12.2 Å². The van der Waals surface area contributed by atoms with Gasteiger partial charge in [0.1, 0.15) is 0 Å². The minimum Gasteiger partial charge on any atom is -0.447 e. The van der Waals surface area contributed by atoms with Crippen LogP contribution in [0.2, 0.25) is 0 Å². The van der Waals surface area contributed by atoms with Crippen molar-refractivity contribution in [2.45, 2.75) is 38.7 Å². The minimum absolute atomic E-state index is 0.0681. The first-order valence-corrected chi connectivity index (χ1v) is 5.09. The van der Waals surface area contributed by atoms with Gasteiger partial charge in [0, 0.05) is 6.08 Å². The van der Waals surface area contributed by atoms with Crippen molar-refractivity contribution in [1.82, 2.24) is 0 Å². The number of rotatable bonds is 1. The molecule has 1 aliphatic carbocycles. The second-order valence-electron chi connectivity index (χ2n) is 4.81. The Morgan fingerprint density at radius 3 is 2.79 bits per heavy atom. The van der Waals surface area contributed by atoms with Gasteiger partial charge >= 0.3 is 5.97 Å². The highest BCUT2D eigenvalue weighted by Crippen LogP contribution is 2.50. The molecule has 0 spiro atoms. The molecule has 14 heavy (non-hydrogen) atoms. The zero-order valence-corrected chi connectivity index (χ0v) is 8.80. The molecule has 1 fully saturated rings. The van der Waals surface area contributed by atoms with E-state index in [4.69, 9.17) is 4.74 Å². The summed E-state index contributed by atoms with van der Waals surface area (Å²) in [4.78, 5) is 11.3. The van der Waals surface area contributed by atoms with Crippen LogP contribution in [0.25, 0.3) is 0 Å². The molecule has 0 amide bonds. The molecular formula is C12H16O2. The van der Waals surface area contributed by atoms with Gasteiger partial charge in [0.2, 0.25) is 0 Å². The van der Waals surface area contributed by atoms with Crippen LogP contribution in [0.5, 0.6) is 0 Å². The van der Waals surface area contributed by atoms with Gasteiger partial charge in [-0.25, -0.2) is 4.79 Å². The summed E-state index contributed by atoms with van der Waals surface area (Å²) in [6, 6.07) is 0. The molecule has 1 unspecified atom stereocenters. The Kier molecular flexibility index (Phi) is 1.85. The zero-order valence-electron chi connectivity index (χ0n) is 8.80. The molecule has 0 radical (unpaired) electrons. The third-order valence-corrected chi connectivity index (χ3v) is 3.41. The Labute approximate surface area is 84.6 Å². The molecule has 0 aromatic heterocycles. The van der Waals surface area contributed by atoms with Crippen molar-refractivity contribution in [3.05, 3.63) is 24.3 Å². The fourth-order valence-electron chi connectivity index (χ4n) is 2.64. The first-order valence-electron chi connectivity index (χ1n) is 5.09. The average molecular weight is 192 g/mol. The lowest BCUT2D eigenvalue weighted by atomic mass is 9.66. The second kappa shape index (κ2) is 2.72. The van der Waals surface area contributed by atoms with Crippen LogP contribution in [-0.2, 0) is 9.53 Å². The minimum atomic E-state index is -0.487. The lowest BCUT2D eigenvalue weighted by molar-refractivity contribution is -0.144. The summed E-state index contributed by atoms with van der Waals surface area (Å²) in [5.74, 6) is -0.213. The van der Waals surface area contributed by atoms with Crippen molar-refractivity contribution in [3.63, 3.8) is 0 Å². The number of ether oxygens (including phenoxy) is 1. The molecule has 0 bridgehead atoms. The van der Waals surface area contributed by atoms with E-state index in [9.17, 15) is 4.79 Å². The Balaban J connectivity index is 2.48. The molecule has 0 aromatic rings. The summed E-state index contributed by atoms with van der Waals surface area (Å²) in [5.41, 5.74) is 0.688. The standard InChI is InChI=1S/C12H16O2/c1-4-12-7-5-6-11(2,3)9(12)8-10(13)14-12/h4,8H,1,5-7H2,2-3H3. The van der Waals surface area contributed by atoms with E-state index in [-0.39, 0.29) is 11.4 Å². The maximum Gasteiger partial charge on any atom is 0.332 e. The lowest BCUT2D eigenvalue weighted by Gasteiger charge is -2.41. The summed E-state index contributed by atoms with van der Waals surface area (Å²) < 4.78 is 5.39. The van der Waals surface area contributed by atoms with Gasteiger partial charge in [-0.15, -0.1) is 0 Å². The van der Waals surface area contributed by atoms with E-state index in [1.807, 2.05) is 0 Å². The molecule has 1 heterocycles. The number of hydrogen-bond donors (Lipinski definition) is 0. The highest BCUT2D eigenvalue weighted by molar-refractivity contribution is 5.87. The van der Waals surface area contributed by atoms with Gasteiger partial charge in [-0.1, -0.05) is 20.4 Å². The summed E-state index contributed by atoms with van der Waals surface area (Å²) >= 11 is 0. The van der Waals surface area contributed by atoms with Gasteiger partial charge in [0.15, 0.2) is 5.60 Å². The zero-order chi connectivity index (χ0) is 10.4. The quantitative estimate of drug-likeness (QED) is 0.471. The molecule has 2 rings (SSSR count). The molecular weight excluding hydrogens is 176 g/mol. The molecule has 2 aliphatic rings. The molecule has 1 aliphatic heterocycles. The molecule has 1 saturated carbocycles. The molecule has 0 saturated heterocycles. The fraction of sp³-hybridized carbons (Fsp3) is 0.583. The van der Waals surface area contributed by atoms with Crippen LogP contribution in [0.3, 0.4) is 0 Å². The van der Waals surface area contributed by atoms with Crippen LogP contribution in [0, 0.1) is 5.41 Å². The van der Waals surface area contributed by atoms with Gasteiger partial charge in [-0.3, -0.25) is 0 Å². The van der Waals surface area contributed by atoms with Crippen LogP contribution >= 0.6 is 0 Å². The lowest BCUT2D eigenvalue weighted by Crippen LogP contribution is -2.39. The first-order chi connectivity index (χ1) is 6.50. The third-order valence-electron chi connectivity index (χ3n) is 3.41. The number of esters is 1. The Morgan fingerprint density at radius 1 is 1.50 bits per heavy atom. The second-order valence-corrected chi connectivity index (χ2v) is 4.81. The van der Waals surface area contributed by atoms with Crippen molar-refractivity contribution in [2.75, 3.05) is 0 Å². The van der Waals surface area contributed by atoms with Crippen LogP contribution < -0.4 is 0 Å². The maximum atomic E-state index is 11.3. The van der Waals surface area contributed by atoms with Gasteiger partial charge in [0.05, 0.1) is 0 Å². The van der Waals surface area contributed by atoms with Crippen molar-refractivity contribution >= 4 is 5.97 Å². The van der Waals surface area contributed by atoms with Gasteiger partial charge in [0.25, 0.3) is 0 Å². The maximum absolute atomic E-state index is 11.3. The van der Waals surface area contributed by atoms with Crippen molar-refractivity contribution in [1.29, 1.82) is 0 Å². The number of hydrogen-bond acceptors (Lipinski definition) is 2. The fourth-order valence-corrected chi connectivity index (χ4v) is 2.64. The number of fused-ring (bicyclic) bond motifs is 1. The summed E-state index contributed by atoms with van der Waals surface area (Å²) in [5, 5.41) is 0. The summed E-state index contributed by atoms with van der Waals surface area (Å²) in [6.45, 7) is 8.13. The molecule has 1 atom stereocenters. The van der Waals surface area contributed by atoms with E-state index in [0.29, 0.717) is 0 Å². The highest BCUT2D eigenvalue weighted by Gasteiger charge is 2.49. The Bertz CT molecular complexity index is 325. The molecule has 0 aromatic carbocycles. The van der Waals surface area contributed by atoms with Crippen LogP contribution in [-0.4, -0.2) is 11.6 Å². The van der Waals surface area contributed by atoms with E-state index < -0.39 is 5.60 Å². The highest BCUT2D eigenvalue weighted by atomic mass is 16.6. The van der Waals surface area contributed by atoms with Gasteiger partial charge < -0.3 is 4.74 Å². The topological polar surface area (TPSA) is 26.3 Å². The SMILES string of the molecule is C=CC12CCCC(C)(C)C1=CC(=O)O2. The normalized spacial score (nSPS) is 34.4. The molecule has 2 heteroatoms. The largest absolute Gasteiger partial charge is 0.447 e. The van der Waals surface area contributed by atoms with Crippen molar-refractivity contribution < 1.29 is 9.53 Å². The van der Waals surface area contributed by atoms with E-state index in [1.165, 1.54) is 0 Å². The monoisotopic (exact) mass is 192 g/mol. The Hall–Kier alpha value is -1.05. The molecule has 2 nitrogen and oxygen atoms in total. The first kappa shape index (κ1) is 9.50. The molecule has 0 N–H and O–H groups in total. The van der Waals surface area contributed by atoms with Crippen LogP contribution in [0.4, 0.5) is 0 Å². The van der Waals surface area contributed by atoms with Crippen molar-refractivity contribution in [2.24, 2.45) is 5.41 Å². The smallest absolute Gasteiger partial charge is 0.332 e. The Morgan fingerprint density at radius 2 is 2.21 bits per heavy atom. The predicted molar refractivity (Wildman–Crippen MR) is 54.7 cm³/mol. The summed E-state index contributed by atoms with van der Waals surface area (Å²) in [7, 11) is 0. The number of carbonyl (C=O) groups excluding carboxylic acids is 1. The molecule has 76 valence electrons. The van der Waals surface area contributed by atoms with Gasteiger partial charge in [-0.2, -0.15) is 0 Å². The van der Waals surface area contributed by atoms with Crippen molar-refractivity contribution in [3.8, 4) is 0 Å². The van der Waals surface area contributed by atoms with Crippen LogP contribution in [0.1, 0.15) is 33.1 Å². The van der Waals surface area contributed by atoms with E-state index >= 15 is 0 Å².